The van der Waals surface area contributed by atoms with E-state index in [1.165, 1.54) is 85.5 Å². The molecule has 0 radical (unpaired) electrons. The van der Waals surface area contributed by atoms with Gasteiger partial charge in [0.2, 0.25) is 0 Å². The van der Waals surface area contributed by atoms with E-state index in [-0.39, 0.29) is 0 Å². The van der Waals surface area contributed by atoms with Crippen molar-refractivity contribution < 1.29 is 0 Å². The van der Waals surface area contributed by atoms with Crippen LogP contribution in [0.3, 0.4) is 0 Å². The second kappa shape index (κ2) is 12.4. The lowest BCUT2D eigenvalue weighted by atomic mass is 9.94. The highest BCUT2D eigenvalue weighted by molar-refractivity contribution is 7.25. The van der Waals surface area contributed by atoms with E-state index in [9.17, 15) is 0 Å². The van der Waals surface area contributed by atoms with Gasteiger partial charge >= 0.3 is 0 Å². The number of benzene rings is 10. The van der Waals surface area contributed by atoms with Gasteiger partial charge in [0.1, 0.15) is 0 Å². The first-order valence-corrected chi connectivity index (χ1v) is 19.3. The third kappa shape index (κ3) is 5.07. The highest BCUT2D eigenvalue weighted by Crippen LogP contribution is 2.42. The van der Waals surface area contributed by atoms with Gasteiger partial charge < -0.3 is 4.90 Å². The zero-order chi connectivity index (χ0) is 35.6. The Bertz CT molecular complexity index is 3200. The van der Waals surface area contributed by atoms with Crippen LogP contribution in [0.15, 0.2) is 200 Å². The average molecular weight is 704 g/mol. The van der Waals surface area contributed by atoms with Crippen molar-refractivity contribution in [3.8, 4) is 22.3 Å². The lowest BCUT2D eigenvalue weighted by Crippen LogP contribution is -2.09. The van der Waals surface area contributed by atoms with E-state index in [2.05, 4.69) is 205 Å². The molecule has 11 rings (SSSR count). The van der Waals surface area contributed by atoms with Crippen LogP contribution in [0.25, 0.3) is 85.5 Å². The fourth-order valence-corrected chi connectivity index (χ4v) is 9.51. The van der Waals surface area contributed by atoms with Crippen LogP contribution >= 0.6 is 11.3 Å². The van der Waals surface area contributed by atoms with Gasteiger partial charge in [0, 0.05) is 37.2 Å². The van der Waals surface area contributed by atoms with Crippen molar-refractivity contribution in [2.75, 3.05) is 4.90 Å². The Hall–Kier alpha value is -6.74. The average Bonchev–Trinajstić information content (AvgIpc) is 3.62. The summed E-state index contributed by atoms with van der Waals surface area (Å²) < 4.78 is 2.61. The van der Waals surface area contributed by atoms with Crippen LogP contribution in [0, 0.1) is 0 Å². The van der Waals surface area contributed by atoms with Gasteiger partial charge in [-0.05, 0) is 114 Å². The molecule has 1 aromatic heterocycles. The summed E-state index contributed by atoms with van der Waals surface area (Å²) in [7, 11) is 0. The summed E-state index contributed by atoms with van der Waals surface area (Å²) in [5.41, 5.74) is 8.26. The number of anilines is 3. The minimum absolute atomic E-state index is 1.12. The van der Waals surface area contributed by atoms with Crippen LogP contribution in [0.1, 0.15) is 0 Å². The molecule has 0 unspecified atom stereocenters. The number of nitrogens with zero attached hydrogens (tertiary/aromatic N) is 1. The molecule has 0 atom stereocenters. The van der Waals surface area contributed by atoms with Crippen molar-refractivity contribution in [1.29, 1.82) is 0 Å². The first kappa shape index (κ1) is 30.8. The van der Waals surface area contributed by atoms with Gasteiger partial charge in [-0.1, -0.05) is 152 Å². The van der Waals surface area contributed by atoms with Crippen LogP contribution in [0.5, 0.6) is 0 Å². The molecule has 54 heavy (non-hydrogen) atoms. The van der Waals surface area contributed by atoms with E-state index in [4.69, 9.17) is 0 Å². The quantitative estimate of drug-likeness (QED) is 0.161. The minimum atomic E-state index is 1.12. The molecule has 0 saturated carbocycles. The Balaban J connectivity index is 1.02. The Labute approximate surface area is 317 Å². The van der Waals surface area contributed by atoms with E-state index in [0.29, 0.717) is 0 Å². The van der Waals surface area contributed by atoms with Gasteiger partial charge in [-0.3, -0.25) is 0 Å². The highest BCUT2D eigenvalue weighted by atomic mass is 32.1. The zero-order valence-corrected chi connectivity index (χ0v) is 30.2. The van der Waals surface area contributed by atoms with Crippen LogP contribution in [-0.4, -0.2) is 0 Å². The molecule has 0 fully saturated rings. The first-order chi connectivity index (χ1) is 26.7. The Kier molecular flexibility index (Phi) is 7.11. The van der Waals surface area contributed by atoms with Gasteiger partial charge in [-0.2, -0.15) is 0 Å². The van der Waals surface area contributed by atoms with E-state index >= 15 is 0 Å². The normalized spacial score (nSPS) is 11.7. The lowest BCUT2D eigenvalue weighted by Gasteiger charge is -2.26. The van der Waals surface area contributed by atoms with E-state index < -0.39 is 0 Å². The van der Waals surface area contributed by atoms with Gasteiger partial charge in [-0.25, -0.2) is 0 Å². The molecule has 0 aliphatic carbocycles. The zero-order valence-electron chi connectivity index (χ0n) is 29.4. The molecule has 252 valence electrons. The third-order valence-electron chi connectivity index (χ3n) is 11.0. The van der Waals surface area contributed by atoms with Gasteiger partial charge in [0.25, 0.3) is 0 Å². The number of hydrogen-bond donors (Lipinski definition) is 0. The molecule has 0 N–H and O–H groups in total. The Morgan fingerprint density at radius 3 is 1.57 bits per heavy atom. The van der Waals surface area contributed by atoms with Gasteiger partial charge in [-0.15, -0.1) is 11.3 Å². The van der Waals surface area contributed by atoms with Crippen molar-refractivity contribution in [2.45, 2.75) is 0 Å². The Morgan fingerprint density at radius 1 is 0.278 bits per heavy atom. The Morgan fingerprint density at radius 2 is 0.796 bits per heavy atom. The van der Waals surface area contributed by atoms with Crippen LogP contribution in [0.2, 0.25) is 0 Å². The molecule has 2 heteroatoms. The standard InChI is InChI=1S/C52H33NS/c1-3-11-43-35(8-1)10-7-14-44(43)37-20-26-41(27-21-37)53(42-28-31-49-48-13-5-6-15-51(48)54-52(49)33-42)40-24-18-34(19-25-40)39-17-16-38-23-29-46-45-12-4-2-9-36(45)22-30-47(46)50(38)32-39/h1-33H. The lowest BCUT2D eigenvalue weighted by molar-refractivity contribution is 1.29. The summed E-state index contributed by atoms with van der Waals surface area (Å²) >= 11 is 1.86. The summed E-state index contributed by atoms with van der Waals surface area (Å²) in [5, 5.41) is 12.8. The fourth-order valence-electron chi connectivity index (χ4n) is 8.37. The monoisotopic (exact) mass is 703 g/mol. The molecule has 10 aromatic carbocycles. The second-order valence-corrected chi connectivity index (χ2v) is 15.2. The smallest absolute Gasteiger partial charge is 0.0476 e. The van der Waals surface area contributed by atoms with Gasteiger partial charge in [0.05, 0.1) is 0 Å². The number of hydrogen-bond acceptors (Lipinski definition) is 2. The topological polar surface area (TPSA) is 3.24 Å². The summed E-state index contributed by atoms with van der Waals surface area (Å²) in [4.78, 5) is 2.39. The summed E-state index contributed by atoms with van der Waals surface area (Å²) in [6.45, 7) is 0. The van der Waals surface area contributed by atoms with Crippen LogP contribution < -0.4 is 4.90 Å². The molecule has 1 nitrogen and oxygen atoms in total. The van der Waals surface area contributed by atoms with Crippen molar-refractivity contribution in [2.24, 2.45) is 0 Å². The molecule has 0 spiro atoms. The molecule has 0 amide bonds. The largest absolute Gasteiger partial charge is 0.310 e. The van der Waals surface area contributed by atoms with Crippen molar-refractivity contribution in [1.82, 2.24) is 0 Å². The molecule has 0 bridgehead atoms. The summed E-state index contributed by atoms with van der Waals surface area (Å²) in [5.74, 6) is 0. The third-order valence-corrected chi connectivity index (χ3v) is 12.2. The van der Waals surface area contributed by atoms with Gasteiger partial charge in [0.15, 0.2) is 0 Å². The SMILES string of the molecule is c1ccc2c(-c3ccc(N(c4ccc(-c5ccc6ccc7c8ccccc8ccc7c6c5)cc4)c4ccc5c(c4)sc4ccccc45)cc3)cccc2c1. The molecule has 0 aliphatic rings. The maximum atomic E-state index is 2.39. The van der Waals surface area contributed by atoms with Crippen molar-refractivity contribution in [3.63, 3.8) is 0 Å². The molecule has 11 aromatic rings. The maximum Gasteiger partial charge on any atom is 0.0476 e. The van der Waals surface area contributed by atoms with Crippen molar-refractivity contribution >= 4 is 91.7 Å². The summed E-state index contributed by atoms with van der Waals surface area (Å²) in [6, 6.07) is 73.5. The number of rotatable bonds is 5. The minimum Gasteiger partial charge on any atom is -0.310 e. The second-order valence-electron chi connectivity index (χ2n) is 14.1. The van der Waals surface area contributed by atoms with E-state index in [1.807, 2.05) is 11.3 Å². The van der Waals surface area contributed by atoms with Crippen LogP contribution in [0.4, 0.5) is 17.1 Å². The maximum absolute atomic E-state index is 2.39. The first-order valence-electron chi connectivity index (χ1n) is 18.5. The van der Waals surface area contributed by atoms with Crippen molar-refractivity contribution in [3.05, 3.63) is 200 Å². The predicted molar refractivity (Wildman–Crippen MR) is 235 cm³/mol. The molecule has 1 heterocycles. The van der Waals surface area contributed by atoms with E-state index in [1.54, 1.807) is 0 Å². The molecular weight excluding hydrogens is 671 g/mol. The predicted octanol–water partition coefficient (Wildman–Crippen LogP) is 15.5. The number of thiophene rings is 1. The fraction of sp³-hybridized carbons (Fsp3) is 0. The molecule has 0 saturated heterocycles. The highest BCUT2D eigenvalue weighted by Gasteiger charge is 2.16. The summed E-state index contributed by atoms with van der Waals surface area (Å²) in [6.07, 6.45) is 0. The molecule has 0 aliphatic heterocycles. The number of fused-ring (bicyclic) bond motifs is 9. The molecular formula is C52H33NS. The van der Waals surface area contributed by atoms with Crippen LogP contribution in [-0.2, 0) is 0 Å². The van der Waals surface area contributed by atoms with E-state index in [0.717, 1.165) is 17.1 Å².